The van der Waals surface area contributed by atoms with Gasteiger partial charge in [0.15, 0.2) is 11.5 Å². The van der Waals surface area contributed by atoms with Crippen LogP contribution in [-0.4, -0.2) is 70.6 Å². The summed E-state index contributed by atoms with van der Waals surface area (Å²) in [5.41, 5.74) is 7.44. The van der Waals surface area contributed by atoms with Crippen LogP contribution in [0.25, 0.3) is 0 Å². The summed E-state index contributed by atoms with van der Waals surface area (Å²) >= 11 is 0. The van der Waals surface area contributed by atoms with E-state index in [1.54, 1.807) is 20.4 Å². The summed E-state index contributed by atoms with van der Waals surface area (Å²) in [7, 11) is 5.34. The monoisotopic (exact) mass is 334 g/mol. The minimum atomic E-state index is 0.154. The number of aliphatic imine (C=N–C) groups is 2. The van der Waals surface area contributed by atoms with Gasteiger partial charge in [0.05, 0.1) is 12.3 Å². The van der Waals surface area contributed by atoms with Crippen molar-refractivity contribution in [3.8, 4) is 11.5 Å². The second kappa shape index (κ2) is 8.65. The Morgan fingerprint density at radius 3 is 2.67 bits per heavy atom. The number of ether oxygens (including phenoxy) is 3. The van der Waals surface area contributed by atoms with Crippen molar-refractivity contribution in [3.05, 3.63) is 17.7 Å². The van der Waals surface area contributed by atoms with Gasteiger partial charge in [0, 0.05) is 45.1 Å². The van der Waals surface area contributed by atoms with Crippen LogP contribution in [0.15, 0.2) is 22.1 Å². The Bertz CT molecular complexity index is 610. The topological polar surface area (TPSA) is 81.7 Å². The molecule has 1 aromatic carbocycles. The van der Waals surface area contributed by atoms with Crippen molar-refractivity contribution in [3.63, 3.8) is 0 Å². The predicted molar refractivity (Wildman–Crippen MR) is 96.2 cm³/mol. The number of methoxy groups -OCH3 is 1. The Balaban J connectivity index is 2.34. The Morgan fingerprint density at radius 1 is 1.33 bits per heavy atom. The molecule has 1 fully saturated rings. The van der Waals surface area contributed by atoms with E-state index in [1.165, 1.54) is 0 Å². The number of hydrogen-bond donors (Lipinski definition) is 1. The maximum atomic E-state index is 6.08. The molecule has 0 radical (unpaired) electrons. The van der Waals surface area contributed by atoms with Crippen molar-refractivity contribution in [1.29, 1.82) is 0 Å². The minimum absolute atomic E-state index is 0.154. The normalized spacial score (nSPS) is 16.4. The van der Waals surface area contributed by atoms with Crippen LogP contribution in [0.1, 0.15) is 12.5 Å². The molecule has 0 aliphatic carbocycles. The van der Waals surface area contributed by atoms with Crippen molar-refractivity contribution in [2.45, 2.75) is 13.0 Å². The van der Waals surface area contributed by atoms with Crippen molar-refractivity contribution < 1.29 is 14.2 Å². The molecule has 0 unspecified atom stereocenters. The van der Waals surface area contributed by atoms with Gasteiger partial charge in [-0.2, -0.15) is 0 Å². The number of benzene rings is 1. The van der Waals surface area contributed by atoms with Crippen LogP contribution in [-0.2, 0) is 4.74 Å². The van der Waals surface area contributed by atoms with E-state index in [0.29, 0.717) is 36.2 Å². The Hall–Kier alpha value is -2.12. The summed E-state index contributed by atoms with van der Waals surface area (Å²) in [6.45, 7) is 4.56. The molecule has 1 aromatic rings. The summed E-state index contributed by atoms with van der Waals surface area (Å²) in [6, 6.07) is 3.69. The first kappa shape index (κ1) is 18.2. The van der Waals surface area contributed by atoms with Gasteiger partial charge in [-0.25, -0.2) is 0 Å². The number of likely N-dealkylation sites (N-methyl/N-ethyl adjacent to an activating group) is 1. The van der Waals surface area contributed by atoms with E-state index in [0.717, 1.165) is 18.7 Å². The quantitative estimate of drug-likeness (QED) is 0.442. The molecule has 0 spiro atoms. The fraction of sp³-hybridized carbons (Fsp3) is 0.529. The van der Waals surface area contributed by atoms with Crippen LogP contribution in [0.2, 0.25) is 0 Å². The standard InChI is InChI=1S/C17H26N4O3/c1-5-20-14-9-16(24-12-10-21(3)11-12)15(23-7-6-22-4)8-13(14)17(18)19-2/h5,8-9,12H,6-7,10-11H2,1-4H3,(H2,18,19). The first-order valence-electron chi connectivity index (χ1n) is 7.95. The number of hydrogen-bond acceptors (Lipinski definition) is 6. The molecular weight excluding hydrogens is 308 g/mol. The van der Waals surface area contributed by atoms with Crippen molar-refractivity contribution in [1.82, 2.24) is 4.90 Å². The molecule has 24 heavy (non-hydrogen) atoms. The lowest BCUT2D eigenvalue weighted by Crippen LogP contribution is -2.51. The average molecular weight is 334 g/mol. The second-order valence-electron chi connectivity index (χ2n) is 5.61. The van der Waals surface area contributed by atoms with Gasteiger partial charge in [-0.15, -0.1) is 0 Å². The first-order valence-corrected chi connectivity index (χ1v) is 7.95. The van der Waals surface area contributed by atoms with Gasteiger partial charge in [-0.3, -0.25) is 14.9 Å². The first-order chi connectivity index (χ1) is 11.6. The molecule has 132 valence electrons. The molecule has 7 heteroatoms. The molecule has 0 saturated carbocycles. The zero-order valence-corrected chi connectivity index (χ0v) is 14.8. The van der Waals surface area contributed by atoms with Gasteiger partial charge in [0.2, 0.25) is 0 Å². The number of amidine groups is 1. The SMILES string of the molecule is CC=Nc1cc(OC2CN(C)C2)c(OCCOC)cc1C(N)=NC. The summed E-state index contributed by atoms with van der Waals surface area (Å²) < 4.78 is 16.9. The summed E-state index contributed by atoms with van der Waals surface area (Å²) in [4.78, 5) is 10.6. The zero-order chi connectivity index (χ0) is 17.5. The number of nitrogens with zero attached hydrogens (tertiary/aromatic N) is 3. The highest BCUT2D eigenvalue weighted by molar-refractivity contribution is 6.03. The van der Waals surface area contributed by atoms with Crippen molar-refractivity contribution in [2.24, 2.45) is 15.7 Å². The molecule has 7 nitrogen and oxygen atoms in total. The highest BCUT2D eigenvalue weighted by Crippen LogP contribution is 2.36. The van der Waals surface area contributed by atoms with Crippen molar-refractivity contribution in [2.75, 3.05) is 47.5 Å². The molecular formula is C17H26N4O3. The van der Waals surface area contributed by atoms with Gasteiger partial charge in [0.25, 0.3) is 0 Å². The molecule has 0 bridgehead atoms. The maximum Gasteiger partial charge on any atom is 0.163 e. The molecule has 1 saturated heterocycles. The Morgan fingerprint density at radius 2 is 2.08 bits per heavy atom. The van der Waals surface area contributed by atoms with Crippen LogP contribution in [0.3, 0.4) is 0 Å². The molecule has 0 aromatic heterocycles. The maximum absolute atomic E-state index is 6.08. The van der Waals surface area contributed by atoms with E-state index in [1.807, 2.05) is 19.1 Å². The van der Waals surface area contributed by atoms with Crippen molar-refractivity contribution >= 4 is 17.7 Å². The minimum Gasteiger partial charge on any atom is -0.487 e. The number of nitrogens with two attached hydrogens (primary N) is 1. The van der Waals surface area contributed by atoms with E-state index in [2.05, 4.69) is 21.9 Å². The van der Waals surface area contributed by atoms with E-state index in [4.69, 9.17) is 19.9 Å². The fourth-order valence-electron chi connectivity index (χ4n) is 2.46. The summed E-state index contributed by atoms with van der Waals surface area (Å²) in [6.07, 6.45) is 1.87. The fourth-order valence-corrected chi connectivity index (χ4v) is 2.46. The zero-order valence-electron chi connectivity index (χ0n) is 14.8. The molecule has 1 heterocycles. The highest BCUT2D eigenvalue weighted by Gasteiger charge is 2.26. The molecule has 2 N–H and O–H groups in total. The van der Waals surface area contributed by atoms with Crippen LogP contribution >= 0.6 is 0 Å². The molecule has 0 amide bonds. The smallest absolute Gasteiger partial charge is 0.163 e. The largest absolute Gasteiger partial charge is 0.487 e. The summed E-state index contributed by atoms with van der Waals surface area (Å²) in [5.74, 6) is 1.69. The van der Waals surface area contributed by atoms with Gasteiger partial charge < -0.3 is 19.9 Å². The number of likely N-dealkylation sites (tertiary alicyclic amines) is 1. The third-order valence-corrected chi connectivity index (χ3v) is 3.72. The van der Waals surface area contributed by atoms with E-state index < -0.39 is 0 Å². The summed E-state index contributed by atoms with van der Waals surface area (Å²) in [5, 5.41) is 0. The van der Waals surface area contributed by atoms with Crippen LogP contribution in [0.4, 0.5) is 5.69 Å². The average Bonchev–Trinajstić information content (AvgIpc) is 2.54. The predicted octanol–water partition coefficient (Wildman–Crippen LogP) is 1.46. The molecule has 0 atom stereocenters. The molecule has 2 rings (SSSR count). The Labute approximate surface area is 143 Å². The van der Waals surface area contributed by atoms with Gasteiger partial charge in [-0.05, 0) is 20.0 Å². The lowest BCUT2D eigenvalue weighted by molar-refractivity contribution is 0.0358. The third kappa shape index (κ3) is 4.46. The lowest BCUT2D eigenvalue weighted by atomic mass is 10.1. The highest BCUT2D eigenvalue weighted by atomic mass is 16.5. The Kier molecular flexibility index (Phi) is 6.57. The van der Waals surface area contributed by atoms with Crippen LogP contribution in [0, 0.1) is 0 Å². The van der Waals surface area contributed by atoms with Gasteiger partial charge >= 0.3 is 0 Å². The number of rotatable bonds is 8. The van der Waals surface area contributed by atoms with E-state index in [9.17, 15) is 0 Å². The van der Waals surface area contributed by atoms with E-state index in [-0.39, 0.29) is 6.10 Å². The van der Waals surface area contributed by atoms with Crippen LogP contribution < -0.4 is 15.2 Å². The van der Waals surface area contributed by atoms with Gasteiger partial charge in [-0.1, -0.05) is 0 Å². The molecule has 1 aliphatic heterocycles. The van der Waals surface area contributed by atoms with Crippen LogP contribution in [0.5, 0.6) is 11.5 Å². The third-order valence-electron chi connectivity index (χ3n) is 3.72. The van der Waals surface area contributed by atoms with Gasteiger partial charge in [0.1, 0.15) is 18.5 Å². The van der Waals surface area contributed by atoms with E-state index >= 15 is 0 Å². The second-order valence-corrected chi connectivity index (χ2v) is 5.61. The lowest BCUT2D eigenvalue weighted by Gasteiger charge is -2.36. The molecule has 1 aliphatic rings.